The SMILES string of the molecule is CI(CCOc1ccc(F)c(F)c1)CCOc1ccc(F)c(F)c1. The average Bonchev–Trinajstić information content (AvgIpc) is 2.54. The second-order valence-electron chi connectivity index (χ2n) is 4.95. The molecule has 0 bridgehead atoms. The molecule has 0 amide bonds. The summed E-state index contributed by atoms with van der Waals surface area (Å²) in [5, 5.41) is 0. The molecule has 0 aromatic heterocycles. The summed E-state index contributed by atoms with van der Waals surface area (Å²) in [6.07, 6.45) is 0. The summed E-state index contributed by atoms with van der Waals surface area (Å²) in [4.78, 5) is 2.15. The molecule has 0 atom stereocenters. The Hall–Kier alpha value is -1.51. The normalized spacial score (nSPS) is 11.3. The molecular formula is C17H17F4IO2. The fraction of sp³-hybridized carbons (Fsp3) is 0.294. The van der Waals surface area contributed by atoms with Gasteiger partial charge >= 0.3 is 145 Å². The molecule has 0 heterocycles. The third-order valence-electron chi connectivity index (χ3n) is 3.12. The summed E-state index contributed by atoms with van der Waals surface area (Å²) in [5.41, 5.74) is 0. The van der Waals surface area contributed by atoms with Crippen LogP contribution in [0.4, 0.5) is 17.6 Å². The van der Waals surface area contributed by atoms with E-state index < -0.39 is 43.1 Å². The average molecular weight is 456 g/mol. The van der Waals surface area contributed by atoms with Crippen LogP contribution in [0, 0.1) is 23.3 Å². The Balaban J connectivity index is 1.66. The summed E-state index contributed by atoms with van der Waals surface area (Å²) in [7, 11) is 0. The molecule has 132 valence electrons. The standard InChI is InChI=1S/C17H17F4IO2/c1-22(6-8-23-12-2-4-14(18)16(20)10-12)7-9-24-13-3-5-15(19)17(21)11-13/h2-5,10-11H,6-9H2,1H3. The molecule has 0 saturated carbocycles. The monoisotopic (exact) mass is 456 g/mol. The summed E-state index contributed by atoms with van der Waals surface area (Å²) in [6.45, 7) is 0.856. The quantitative estimate of drug-likeness (QED) is 0.322. The van der Waals surface area contributed by atoms with E-state index in [4.69, 9.17) is 9.47 Å². The zero-order valence-corrected chi connectivity index (χ0v) is 15.2. The van der Waals surface area contributed by atoms with E-state index in [-0.39, 0.29) is 0 Å². The van der Waals surface area contributed by atoms with Gasteiger partial charge in [-0.1, -0.05) is 0 Å². The van der Waals surface area contributed by atoms with Gasteiger partial charge in [-0.15, -0.1) is 0 Å². The van der Waals surface area contributed by atoms with Crippen molar-refractivity contribution in [1.29, 1.82) is 0 Å². The minimum absolute atomic E-state index is 0.302. The van der Waals surface area contributed by atoms with Crippen LogP contribution in [0.3, 0.4) is 0 Å². The van der Waals surface area contributed by atoms with Crippen molar-refractivity contribution in [3.63, 3.8) is 0 Å². The van der Waals surface area contributed by atoms with Gasteiger partial charge in [-0.3, -0.25) is 0 Å². The van der Waals surface area contributed by atoms with Gasteiger partial charge in [-0.05, 0) is 0 Å². The Labute approximate surface area is 145 Å². The third-order valence-corrected chi connectivity index (χ3v) is 7.68. The Morgan fingerprint density at radius 2 is 1.12 bits per heavy atom. The van der Waals surface area contributed by atoms with Gasteiger partial charge in [0.2, 0.25) is 0 Å². The van der Waals surface area contributed by atoms with E-state index in [0.29, 0.717) is 24.7 Å². The third kappa shape index (κ3) is 5.85. The summed E-state index contributed by atoms with van der Waals surface area (Å²) < 4.78 is 64.2. The van der Waals surface area contributed by atoms with Crippen LogP contribution < -0.4 is 9.47 Å². The van der Waals surface area contributed by atoms with Crippen molar-refractivity contribution in [2.45, 2.75) is 0 Å². The molecule has 2 nitrogen and oxygen atoms in total. The van der Waals surface area contributed by atoms with Crippen LogP contribution in [0.15, 0.2) is 36.4 Å². The molecule has 0 aliphatic heterocycles. The van der Waals surface area contributed by atoms with E-state index in [0.717, 1.165) is 33.1 Å². The van der Waals surface area contributed by atoms with E-state index in [2.05, 4.69) is 4.93 Å². The fourth-order valence-corrected chi connectivity index (χ4v) is 4.29. The van der Waals surface area contributed by atoms with Crippen molar-refractivity contribution in [3.05, 3.63) is 59.7 Å². The van der Waals surface area contributed by atoms with Crippen LogP contribution in [0.5, 0.6) is 11.5 Å². The van der Waals surface area contributed by atoms with Gasteiger partial charge in [-0.2, -0.15) is 0 Å². The Morgan fingerprint density at radius 3 is 1.50 bits per heavy atom. The first-order chi connectivity index (χ1) is 11.5. The molecule has 0 fully saturated rings. The van der Waals surface area contributed by atoms with Crippen molar-refractivity contribution in [3.8, 4) is 11.5 Å². The zero-order valence-electron chi connectivity index (χ0n) is 13.0. The molecular weight excluding hydrogens is 439 g/mol. The van der Waals surface area contributed by atoms with Crippen molar-refractivity contribution in [1.82, 2.24) is 0 Å². The molecule has 0 aliphatic carbocycles. The first-order valence-electron chi connectivity index (χ1n) is 7.13. The number of hydrogen-bond acceptors (Lipinski definition) is 2. The number of halogens is 5. The van der Waals surface area contributed by atoms with E-state index in [9.17, 15) is 17.6 Å². The molecule has 0 spiro atoms. The molecule has 7 heteroatoms. The molecule has 0 saturated heterocycles. The maximum absolute atomic E-state index is 13.0. The molecule has 2 aromatic carbocycles. The number of alkyl halides is 3. The second kappa shape index (κ2) is 9.10. The first-order valence-corrected chi connectivity index (χ1v) is 12.3. The van der Waals surface area contributed by atoms with Gasteiger partial charge in [0.15, 0.2) is 0 Å². The van der Waals surface area contributed by atoms with Gasteiger partial charge < -0.3 is 0 Å². The molecule has 2 rings (SSSR count). The topological polar surface area (TPSA) is 18.5 Å². The van der Waals surface area contributed by atoms with E-state index >= 15 is 0 Å². The van der Waals surface area contributed by atoms with E-state index in [1.165, 1.54) is 12.1 Å². The Kier molecular flexibility index (Phi) is 7.14. The molecule has 0 N–H and O–H groups in total. The van der Waals surface area contributed by atoms with Gasteiger partial charge in [0.25, 0.3) is 0 Å². The Bertz CT molecular complexity index is 624. The van der Waals surface area contributed by atoms with Crippen molar-refractivity contribution in [2.24, 2.45) is 0 Å². The van der Waals surface area contributed by atoms with Crippen LogP contribution in [0.2, 0.25) is 0 Å². The van der Waals surface area contributed by atoms with Gasteiger partial charge in [0.05, 0.1) is 0 Å². The zero-order chi connectivity index (χ0) is 17.5. The summed E-state index contributed by atoms with van der Waals surface area (Å²) >= 11 is -1.29. The maximum atomic E-state index is 13.0. The van der Waals surface area contributed by atoms with Crippen LogP contribution in [-0.4, -0.2) is 27.0 Å². The molecule has 0 aliphatic rings. The minimum atomic E-state index is -1.29. The molecule has 0 unspecified atom stereocenters. The van der Waals surface area contributed by atoms with Crippen LogP contribution in [0.1, 0.15) is 0 Å². The van der Waals surface area contributed by atoms with Crippen LogP contribution in [-0.2, 0) is 0 Å². The van der Waals surface area contributed by atoms with Gasteiger partial charge in [0, 0.05) is 0 Å². The second-order valence-corrected chi connectivity index (χ2v) is 11.2. The van der Waals surface area contributed by atoms with Crippen molar-refractivity contribution >= 4 is 19.8 Å². The fourth-order valence-electron chi connectivity index (χ4n) is 1.80. The number of rotatable bonds is 8. The van der Waals surface area contributed by atoms with Crippen LogP contribution >= 0.6 is 19.8 Å². The van der Waals surface area contributed by atoms with Gasteiger partial charge in [0.1, 0.15) is 0 Å². The van der Waals surface area contributed by atoms with Gasteiger partial charge in [-0.25, -0.2) is 0 Å². The van der Waals surface area contributed by atoms with Crippen LogP contribution in [0.25, 0.3) is 0 Å². The number of benzene rings is 2. The summed E-state index contributed by atoms with van der Waals surface area (Å²) in [6, 6.07) is 6.88. The summed E-state index contributed by atoms with van der Waals surface area (Å²) in [5.74, 6) is -3.06. The molecule has 2 aromatic rings. The van der Waals surface area contributed by atoms with E-state index in [1.54, 1.807) is 0 Å². The van der Waals surface area contributed by atoms with E-state index in [1.807, 2.05) is 0 Å². The van der Waals surface area contributed by atoms with Crippen molar-refractivity contribution in [2.75, 3.05) is 27.0 Å². The number of hydrogen-bond donors (Lipinski definition) is 0. The Morgan fingerprint density at radius 1 is 0.708 bits per heavy atom. The van der Waals surface area contributed by atoms with Crippen molar-refractivity contribution < 1.29 is 27.0 Å². The molecule has 0 radical (unpaired) electrons. The first kappa shape index (κ1) is 18.8. The number of ether oxygens (including phenoxy) is 2. The predicted octanol–water partition coefficient (Wildman–Crippen LogP) is 4.84. The molecule has 24 heavy (non-hydrogen) atoms. The predicted molar refractivity (Wildman–Crippen MR) is 93.4 cm³/mol.